The summed E-state index contributed by atoms with van der Waals surface area (Å²) in [5, 5.41) is 0. The van der Waals surface area contributed by atoms with Gasteiger partial charge in [0.05, 0.1) is 0 Å². The van der Waals surface area contributed by atoms with E-state index in [1.807, 2.05) is 60.7 Å². The summed E-state index contributed by atoms with van der Waals surface area (Å²) in [5.74, 6) is -1.05. The average molecular weight is 352 g/mol. The molecule has 0 aromatic heterocycles. The summed E-state index contributed by atoms with van der Waals surface area (Å²) in [7, 11) is -2.91. The summed E-state index contributed by atoms with van der Waals surface area (Å²) in [4.78, 5) is 23.8. The van der Waals surface area contributed by atoms with Crippen LogP contribution in [-0.2, 0) is 18.4 Å². The molecule has 0 aliphatic carbocycles. The number of rotatable bonds is 6. The highest BCUT2D eigenvalue weighted by Gasteiger charge is 2.32. The quantitative estimate of drug-likeness (QED) is 0.577. The van der Waals surface area contributed by atoms with Crippen molar-refractivity contribution < 1.29 is 18.4 Å². The second kappa shape index (κ2) is 8.80. The van der Waals surface area contributed by atoms with Crippen LogP contribution in [0, 0.1) is 0 Å². The van der Waals surface area contributed by atoms with Crippen LogP contribution in [0.1, 0.15) is 11.1 Å². The van der Waals surface area contributed by atoms with Gasteiger partial charge in [0.1, 0.15) is 0 Å². The highest BCUT2D eigenvalue weighted by Crippen LogP contribution is 2.10. The van der Waals surface area contributed by atoms with Crippen LogP contribution >= 0.6 is 0 Å². The first kappa shape index (κ1) is 18.4. The molecule has 0 aliphatic rings. The molecular weight excluding hydrogens is 332 g/mol. The lowest BCUT2D eigenvalue weighted by Crippen LogP contribution is -2.38. The van der Waals surface area contributed by atoms with Crippen molar-refractivity contribution >= 4 is 32.7 Å². The van der Waals surface area contributed by atoms with Crippen LogP contribution in [0.15, 0.2) is 72.8 Å². The van der Waals surface area contributed by atoms with E-state index in [2.05, 4.69) is 0 Å². The van der Waals surface area contributed by atoms with Gasteiger partial charge in [0, 0.05) is 25.2 Å². The smallest absolute Gasteiger partial charge is 0.458 e. The maximum absolute atomic E-state index is 11.9. The summed E-state index contributed by atoms with van der Waals surface area (Å²) in [6.07, 6.45) is 5.98. The molecule has 25 heavy (non-hydrogen) atoms. The van der Waals surface area contributed by atoms with Crippen LogP contribution in [0.25, 0.3) is 12.2 Å². The van der Waals surface area contributed by atoms with E-state index in [0.717, 1.165) is 11.1 Å². The van der Waals surface area contributed by atoms with Crippen LogP contribution in [-0.4, -0.2) is 20.5 Å². The standard InChI is InChI=1S/C20H20O4Si/c1-25(2,23-19(21)15-13-17-9-5-3-6-10-17)24-20(22)16-14-18-11-7-4-8-12-18/h3-16H,1-2H3. The van der Waals surface area contributed by atoms with Gasteiger partial charge in [0.25, 0.3) is 0 Å². The molecule has 5 heteroatoms. The molecule has 0 spiro atoms. The summed E-state index contributed by atoms with van der Waals surface area (Å²) in [5.41, 5.74) is 1.78. The molecule has 2 aromatic carbocycles. The normalized spacial score (nSPS) is 11.6. The molecule has 0 aliphatic heterocycles. The topological polar surface area (TPSA) is 52.6 Å². The fourth-order valence-electron chi connectivity index (χ4n) is 2.03. The Morgan fingerprint density at radius 3 is 1.44 bits per heavy atom. The second-order valence-electron chi connectivity index (χ2n) is 5.73. The molecule has 0 unspecified atom stereocenters. The van der Waals surface area contributed by atoms with Crippen molar-refractivity contribution in [2.24, 2.45) is 0 Å². The van der Waals surface area contributed by atoms with Crippen molar-refractivity contribution in [3.05, 3.63) is 83.9 Å². The molecule has 0 N–H and O–H groups in total. The second-order valence-corrected chi connectivity index (χ2v) is 8.94. The maximum atomic E-state index is 11.9. The van der Waals surface area contributed by atoms with Gasteiger partial charge < -0.3 is 8.85 Å². The number of hydrogen-bond donors (Lipinski definition) is 0. The minimum Gasteiger partial charge on any atom is -0.482 e. The monoisotopic (exact) mass is 352 g/mol. The third kappa shape index (κ3) is 7.01. The van der Waals surface area contributed by atoms with E-state index in [-0.39, 0.29) is 0 Å². The van der Waals surface area contributed by atoms with E-state index >= 15 is 0 Å². The van der Waals surface area contributed by atoms with E-state index < -0.39 is 20.5 Å². The first-order chi connectivity index (χ1) is 11.9. The molecule has 128 valence electrons. The van der Waals surface area contributed by atoms with E-state index in [1.165, 1.54) is 12.2 Å². The van der Waals surface area contributed by atoms with Crippen LogP contribution < -0.4 is 0 Å². The molecule has 0 saturated heterocycles. The third-order valence-corrected chi connectivity index (χ3v) is 4.50. The average Bonchev–Trinajstić information content (AvgIpc) is 2.59. The first-order valence-electron chi connectivity index (χ1n) is 7.87. The molecule has 0 heterocycles. The lowest BCUT2D eigenvalue weighted by Gasteiger charge is -2.20. The predicted octanol–water partition coefficient (Wildman–Crippen LogP) is 4.20. The molecule has 0 amide bonds. The lowest BCUT2D eigenvalue weighted by molar-refractivity contribution is -0.135. The fourth-order valence-corrected chi connectivity index (χ4v) is 3.18. The fraction of sp³-hybridized carbons (Fsp3) is 0.100. The van der Waals surface area contributed by atoms with Crippen LogP contribution in [0.3, 0.4) is 0 Å². The Balaban J connectivity index is 1.87. The molecule has 2 rings (SSSR count). The van der Waals surface area contributed by atoms with Crippen LogP contribution in [0.2, 0.25) is 13.1 Å². The molecule has 0 fully saturated rings. The largest absolute Gasteiger partial charge is 0.482 e. The van der Waals surface area contributed by atoms with E-state index in [0.29, 0.717) is 0 Å². The Morgan fingerprint density at radius 2 is 1.08 bits per heavy atom. The van der Waals surface area contributed by atoms with Gasteiger partial charge in [-0.3, -0.25) is 0 Å². The van der Waals surface area contributed by atoms with Gasteiger partial charge in [-0.05, 0) is 23.3 Å². The van der Waals surface area contributed by atoms with Crippen molar-refractivity contribution in [3.8, 4) is 0 Å². The Morgan fingerprint density at radius 1 is 0.720 bits per heavy atom. The van der Waals surface area contributed by atoms with Gasteiger partial charge in [0.15, 0.2) is 0 Å². The summed E-state index contributed by atoms with van der Waals surface area (Å²) >= 11 is 0. The number of carbonyl (C=O) groups is 2. The van der Waals surface area contributed by atoms with Gasteiger partial charge in [-0.15, -0.1) is 0 Å². The van der Waals surface area contributed by atoms with Gasteiger partial charge in [0.2, 0.25) is 0 Å². The molecule has 0 bridgehead atoms. The van der Waals surface area contributed by atoms with E-state index in [9.17, 15) is 9.59 Å². The highest BCUT2D eigenvalue weighted by atomic mass is 28.4. The van der Waals surface area contributed by atoms with Crippen molar-refractivity contribution in [1.82, 2.24) is 0 Å². The molecule has 0 atom stereocenters. The zero-order valence-corrected chi connectivity index (χ0v) is 15.2. The van der Waals surface area contributed by atoms with Crippen LogP contribution in [0.4, 0.5) is 0 Å². The third-order valence-electron chi connectivity index (χ3n) is 3.12. The first-order valence-corrected chi connectivity index (χ1v) is 10.7. The number of hydrogen-bond acceptors (Lipinski definition) is 4. The van der Waals surface area contributed by atoms with Gasteiger partial charge in [-0.1, -0.05) is 60.7 Å². The maximum Gasteiger partial charge on any atom is 0.458 e. The molecule has 4 nitrogen and oxygen atoms in total. The molecule has 0 radical (unpaired) electrons. The van der Waals surface area contributed by atoms with Gasteiger partial charge >= 0.3 is 20.5 Å². The van der Waals surface area contributed by atoms with Gasteiger partial charge in [-0.2, -0.15) is 0 Å². The zero-order chi connectivity index (χ0) is 18.1. The Bertz CT molecular complexity index is 699. The van der Waals surface area contributed by atoms with Crippen molar-refractivity contribution in [1.29, 1.82) is 0 Å². The summed E-state index contributed by atoms with van der Waals surface area (Å²) < 4.78 is 10.6. The zero-order valence-electron chi connectivity index (χ0n) is 14.2. The van der Waals surface area contributed by atoms with Crippen molar-refractivity contribution in [2.45, 2.75) is 13.1 Å². The molecule has 0 saturated carbocycles. The summed E-state index contributed by atoms with van der Waals surface area (Å²) in [6, 6.07) is 18.8. The minimum atomic E-state index is -2.91. The molecular formula is C20H20O4Si. The van der Waals surface area contributed by atoms with Crippen molar-refractivity contribution in [2.75, 3.05) is 0 Å². The van der Waals surface area contributed by atoms with E-state index in [1.54, 1.807) is 25.2 Å². The van der Waals surface area contributed by atoms with Gasteiger partial charge in [-0.25, -0.2) is 9.59 Å². The Hall–Kier alpha value is -2.92. The Kier molecular flexibility index (Phi) is 6.48. The van der Waals surface area contributed by atoms with Crippen LogP contribution in [0.5, 0.6) is 0 Å². The minimum absolute atomic E-state index is 0.527. The molecule has 2 aromatic rings. The van der Waals surface area contributed by atoms with Crippen molar-refractivity contribution in [3.63, 3.8) is 0 Å². The van der Waals surface area contributed by atoms with E-state index in [4.69, 9.17) is 8.85 Å². The number of benzene rings is 2. The summed E-state index contributed by atoms with van der Waals surface area (Å²) in [6.45, 7) is 3.30. The SMILES string of the molecule is C[Si](C)(OC(=O)C=Cc1ccccc1)OC(=O)C=Cc1ccccc1. The highest BCUT2D eigenvalue weighted by molar-refractivity contribution is 6.68. The number of carbonyl (C=O) groups excluding carboxylic acids is 2. The lowest BCUT2D eigenvalue weighted by atomic mass is 10.2. The Labute approximate surface area is 148 Å². The predicted molar refractivity (Wildman–Crippen MR) is 101 cm³/mol.